The molecular weight excluding hydrogens is 326 g/mol. The Morgan fingerprint density at radius 3 is 2.71 bits per heavy atom. The van der Waals surface area contributed by atoms with Crippen molar-refractivity contribution in [2.75, 3.05) is 5.32 Å². The van der Waals surface area contributed by atoms with Gasteiger partial charge in [-0.3, -0.25) is 14.9 Å². The zero-order chi connectivity index (χ0) is 17.1. The lowest BCUT2D eigenvalue weighted by atomic mass is 10.1. The highest BCUT2D eigenvalue weighted by atomic mass is 32.1. The van der Waals surface area contributed by atoms with Crippen LogP contribution in [0.4, 0.5) is 11.4 Å². The molecule has 0 aliphatic heterocycles. The fourth-order valence-electron chi connectivity index (χ4n) is 2.22. The zero-order valence-electron chi connectivity index (χ0n) is 12.7. The number of anilines is 1. The van der Waals surface area contributed by atoms with Gasteiger partial charge >= 0.3 is 0 Å². The molecule has 0 atom stereocenters. The van der Waals surface area contributed by atoms with E-state index in [0.29, 0.717) is 5.69 Å². The van der Waals surface area contributed by atoms with Crippen LogP contribution in [0.15, 0.2) is 53.9 Å². The molecular formula is C17H13N3O3S. The van der Waals surface area contributed by atoms with Crippen LogP contribution in [0.5, 0.6) is 0 Å². The number of nitro groups is 1. The molecule has 0 saturated carbocycles. The van der Waals surface area contributed by atoms with Gasteiger partial charge in [0, 0.05) is 34.3 Å². The number of hydrogen-bond donors (Lipinski definition) is 1. The van der Waals surface area contributed by atoms with Gasteiger partial charge in [0.1, 0.15) is 0 Å². The monoisotopic (exact) mass is 339 g/mol. The fraction of sp³-hybridized carbons (Fsp3) is 0.0588. The molecule has 0 unspecified atom stereocenters. The van der Waals surface area contributed by atoms with E-state index in [2.05, 4.69) is 10.3 Å². The van der Waals surface area contributed by atoms with Crippen LogP contribution in [0.3, 0.4) is 0 Å². The van der Waals surface area contributed by atoms with Crippen LogP contribution in [0, 0.1) is 17.0 Å². The van der Waals surface area contributed by atoms with Gasteiger partial charge in [0.2, 0.25) is 0 Å². The van der Waals surface area contributed by atoms with Gasteiger partial charge in [0.05, 0.1) is 15.6 Å². The third-order valence-corrected chi connectivity index (χ3v) is 4.13. The molecule has 0 saturated heterocycles. The van der Waals surface area contributed by atoms with E-state index >= 15 is 0 Å². The van der Waals surface area contributed by atoms with Crippen molar-refractivity contribution in [1.29, 1.82) is 0 Å². The number of benzene rings is 2. The number of aromatic nitrogens is 1. The smallest absolute Gasteiger partial charge is 0.270 e. The molecule has 3 rings (SSSR count). The van der Waals surface area contributed by atoms with Crippen LogP contribution >= 0.6 is 11.3 Å². The number of carbonyl (C=O) groups excluding carboxylic acids is 1. The Labute approximate surface area is 141 Å². The molecule has 0 spiro atoms. The van der Waals surface area contributed by atoms with Crippen LogP contribution in [-0.4, -0.2) is 15.8 Å². The lowest BCUT2D eigenvalue weighted by molar-refractivity contribution is -0.384. The Morgan fingerprint density at radius 1 is 1.21 bits per heavy atom. The Morgan fingerprint density at radius 2 is 2.00 bits per heavy atom. The summed E-state index contributed by atoms with van der Waals surface area (Å²) >= 11 is 1.56. The van der Waals surface area contributed by atoms with Crippen LogP contribution in [0.1, 0.15) is 15.4 Å². The number of non-ortho nitro benzene ring substituents is 1. The first-order valence-corrected chi connectivity index (χ1v) is 7.99. The Bertz CT molecular complexity index is 921. The van der Waals surface area contributed by atoms with Gasteiger partial charge in [0.15, 0.2) is 0 Å². The molecule has 7 heteroatoms. The first-order valence-electron chi connectivity index (χ1n) is 7.11. The molecule has 1 aromatic heterocycles. The molecule has 0 radical (unpaired) electrons. The van der Waals surface area contributed by atoms with E-state index in [1.54, 1.807) is 17.4 Å². The number of rotatable bonds is 4. The van der Waals surface area contributed by atoms with E-state index in [0.717, 1.165) is 16.3 Å². The topological polar surface area (TPSA) is 85.1 Å². The van der Waals surface area contributed by atoms with Crippen molar-refractivity contribution in [3.05, 3.63) is 74.6 Å². The number of hydrogen-bond acceptors (Lipinski definition) is 5. The Balaban J connectivity index is 1.82. The molecule has 6 nitrogen and oxygen atoms in total. The van der Waals surface area contributed by atoms with Crippen molar-refractivity contribution in [3.8, 4) is 11.3 Å². The molecule has 0 fully saturated rings. The van der Waals surface area contributed by atoms with E-state index in [4.69, 9.17) is 0 Å². The average molecular weight is 339 g/mol. The van der Waals surface area contributed by atoms with Crippen molar-refractivity contribution in [1.82, 2.24) is 4.98 Å². The number of thiazole rings is 1. The Kier molecular flexibility index (Phi) is 4.35. The fourth-order valence-corrected chi connectivity index (χ4v) is 2.84. The lowest BCUT2D eigenvalue weighted by Crippen LogP contribution is -2.12. The van der Waals surface area contributed by atoms with Crippen molar-refractivity contribution in [2.24, 2.45) is 0 Å². The van der Waals surface area contributed by atoms with E-state index < -0.39 is 10.8 Å². The molecule has 24 heavy (non-hydrogen) atoms. The van der Waals surface area contributed by atoms with Crippen LogP contribution in [-0.2, 0) is 0 Å². The summed E-state index contributed by atoms with van der Waals surface area (Å²) in [6.07, 6.45) is 0. The maximum Gasteiger partial charge on any atom is 0.270 e. The molecule has 0 aliphatic carbocycles. The van der Waals surface area contributed by atoms with Crippen molar-refractivity contribution in [2.45, 2.75) is 6.92 Å². The number of carbonyl (C=O) groups is 1. The quantitative estimate of drug-likeness (QED) is 0.568. The highest BCUT2D eigenvalue weighted by Gasteiger charge is 2.12. The minimum absolute atomic E-state index is 0.116. The number of nitrogens with one attached hydrogen (secondary N) is 1. The minimum atomic E-state index is -0.526. The molecule has 0 bridgehead atoms. The summed E-state index contributed by atoms with van der Waals surface area (Å²) in [6, 6.07) is 13.0. The lowest BCUT2D eigenvalue weighted by Gasteiger charge is -2.06. The number of amides is 1. The van der Waals surface area contributed by atoms with Crippen LogP contribution in [0.25, 0.3) is 11.3 Å². The zero-order valence-corrected chi connectivity index (χ0v) is 13.5. The molecule has 1 N–H and O–H groups in total. The predicted octanol–water partition coefficient (Wildman–Crippen LogP) is 4.28. The SMILES string of the molecule is Cc1nc(-c2cccc(NC(=O)c3cccc([N+](=O)[O-])c3)c2)cs1. The molecule has 0 aliphatic rings. The summed E-state index contributed by atoms with van der Waals surface area (Å²) in [7, 11) is 0. The van der Waals surface area contributed by atoms with Crippen molar-refractivity contribution < 1.29 is 9.72 Å². The number of nitro benzene ring substituents is 1. The van der Waals surface area contributed by atoms with Gasteiger partial charge in [0.25, 0.3) is 11.6 Å². The molecule has 120 valence electrons. The maximum absolute atomic E-state index is 12.3. The summed E-state index contributed by atoms with van der Waals surface area (Å²) in [5.74, 6) is -0.398. The number of nitrogens with zero attached hydrogens (tertiary/aromatic N) is 2. The van der Waals surface area contributed by atoms with Gasteiger partial charge in [-0.05, 0) is 25.1 Å². The minimum Gasteiger partial charge on any atom is -0.322 e. The summed E-state index contributed by atoms with van der Waals surface area (Å²) in [5.41, 5.74) is 2.48. The summed E-state index contributed by atoms with van der Waals surface area (Å²) in [5, 5.41) is 16.5. The van der Waals surface area contributed by atoms with E-state index in [1.807, 2.05) is 30.5 Å². The third kappa shape index (κ3) is 3.47. The largest absolute Gasteiger partial charge is 0.322 e. The summed E-state index contributed by atoms with van der Waals surface area (Å²) in [4.78, 5) is 27.0. The Hall–Kier alpha value is -3.06. The van der Waals surface area contributed by atoms with Crippen LogP contribution in [0.2, 0.25) is 0 Å². The van der Waals surface area contributed by atoms with Gasteiger partial charge in [-0.25, -0.2) is 4.98 Å². The van der Waals surface area contributed by atoms with E-state index in [-0.39, 0.29) is 11.3 Å². The average Bonchev–Trinajstić information content (AvgIpc) is 3.02. The second-order valence-electron chi connectivity index (χ2n) is 5.09. The van der Waals surface area contributed by atoms with Crippen molar-refractivity contribution >= 4 is 28.6 Å². The molecule has 2 aromatic carbocycles. The second-order valence-corrected chi connectivity index (χ2v) is 6.16. The highest BCUT2D eigenvalue weighted by Crippen LogP contribution is 2.24. The van der Waals surface area contributed by atoms with E-state index in [1.165, 1.54) is 24.3 Å². The first-order chi connectivity index (χ1) is 11.5. The molecule has 3 aromatic rings. The second kappa shape index (κ2) is 6.59. The van der Waals surface area contributed by atoms with Crippen LogP contribution < -0.4 is 5.32 Å². The highest BCUT2D eigenvalue weighted by molar-refractivity contribution is 7.09. The summed E-state index contributed by atoms with van der Waals surface area (Å²) < 4.78 is 0. The van der Waals surface area contributed by atoms with E-state index in [9.17, 15) is 14.9 Å². The summed E-state index contributed by atoms with van der Waals surface area (Å²) in [6.45, 7) is 1.93. The van der Waals surface area contributed by atoms with Gasteiger partial charge < -0.3 is 5.32 Å². The van der Waals surface area contributed by atoms with Gasteiger partial charge in [-0.15, -0.1) is 11.3 Å². The standard InChI is InChI=1S/C17H13N3O3S/c1-11-18-16(10-24-11)12-4-2-6-14(8-12)19-17(21)13-5-3-7-15(9-13)20(22)23/h2-10H,1H3,(H,19,21). The predicted molar refractivity (Wildman–Crippen MR) is 93.3 cm³/mol. The maximum atomic E-state index is 12.3. The third-order valence-electron chi connectivity index (χ3n) is 3.35. The normalized spacial score (nSPS) is 10.4. The van der Waals surface area contributed by atoms with Gasteiger partial charge in [-0.1, -0.05) is 18.2 Å². The number of aryl methyl sites for hydroxylation is 1. The molecule has 1 heterocycles. The molecule has 1 amide bonds. The van der Waals surface area contributed by atoms with Gasteiger partial charge in [-0.2, -0.15) is 0 Å². The first kappa shape index (κ1) is 15.8. The van der Waals surface area contributed by atoms with Crippen molar-refractivity contribution in [3.63, 3.8) is 0 Å².